The number of hydrogen-bond donors (Lipinski definition) is 0. The van der Waals surface area contributed by atoms with E-state index in [1.807, 2.05) is 85.0 Å². The van der Waals surface area contributed by atoms with Crippen LogP contribution in [0.1, 0.15) is 17.5 Å². The largest absolute Gasteiger partial charge is 0.465 e. The van der Waals surface area contributed by atoms with Crippen molar-refractivity contribution < 1.29 is 19.1 Å². The highest BCUT2D eigenvalue weighted by molar-refractivity contribution is 6.23. The lowest BCUT2D eigenvalue weighted by atomic mass is 9.84. The van der Waals surface area contributed by atoms with E-state index < -0.39 is 11.9 Å². The summed E-state index contributed by atoms with van der Waals surface area (Å²) in [7, 11) is 2.75. The summed E-state index contributed by atoms with van der Waals surface area (Å²) in [5.74, 6) is -0.890. The van der Waals surface area contributed by atoms with E-state index >= 15 is 0 Å². The van der Waals surface area contributed by atoms with Crippen molar-refractivity contribution in [3.05, 3.63) is 118 Å². The van der Waals surface area contributed by atoms with E-state index in [1.165, 1.54) is 14.2 Å². The topological polar surface area (TPSA) is 52.6 Å². The van der Waals surface area contributed by atoms with Crippen LogP contribution in [0.25, 0.3) is 11.1 Å². The van der Waals surface area contributed by atoms with E-state index in [0.717, 1.165) is 22.3 Å². The van der Waals surface area contributed by atoms with Crippen LogP contribution in [-0.2, 0) is 19.1 Å². The minimum absolute atomic E-state index is 0.411. The van der Waals surface area contributed by atoms with Crippen LogP contribution in [-0.4, -0.2) is 26.2 Å². The van der Waals surface area contributed by atoms with Crippen LogP contribution in [0.3, 0.4) is 0 Å². The fourth-order valence-electron chi connectivity index (χ4n) is 4.04. The van der Waals surface area contributed by atoms with Gasteiger partial charge in [0.2, 0.25) is 0 Å². The number of carbonyl (C=O) groups excluding carboxylic acids is 2. The third kappa shape index (κ3) is 3.80. The molecule has 0 atom stereocenters. The number of fused-ring (bicyclic) bond motifs is 2. The first kappa shape index (κ1) is 20.4. The minimum Gasteiger partial charge on any atom is -0.465 e. The molecule has 4 heteroatoms. The van der Waals surface area contributed by atoms with Crippen molar-refractivity contribution in [1.29, 1.82) is 0 Å². The van der Waals surface area contributed by atoms with Gasteiger partial charge in [0.25, 0.3) is 0 Å². The first-order chi connectivity index (χ1) is 15.2. The second kappa shape index (κ2) is 8.84. The van der Waals surface area contributed by atoms with Gasteiger partial charge < -0.3 is 9.47 Å². The van der Waals surface area contributed by atoms with Crippen LogP contribution in [0, 0.1) is 0 Å². The second-order valence-electron chi connectivity index (χ2n) is 7.16. The maximum Gasteiger partial charge on any atom is 0.338 e. The first-order valence-corrected chi connectivity index (χ1v) is 9.99. The Kier molecular flexibility index (Phi) is 5.80. The van der Waals surface area contributed by atoms with E-state index in [9.17, 15) is 9.59 Å². The molecule has 2 aromatic carbocycles. The third-order valence-electron chi connectivity index (χ3n) is 5.38. The standard InChI is InChI=1S/C27H22O4/c1-30-26(28)24-20-15-9-10-16-21(17-20)25(27(29)31-2)23(19-13-7-4-8-14-19)22(24)18-11-5-3-6-12-18/h3-16H,17H2,1-2H3. The molecule has 2 bridgehead atoms. The van der Waals surface area contributed by atoms with Crippen molar-refractivity contribution in [2.75, 3.05) is 14.2 Å². The Bertz CT molecular complexity index is 1080. The van der Waals surface area contributed by atoms with E-state index in [2.05, 4.69) is 0 Å². The number of ether oxygens (including phenoxy) is 2. The first-order valence-electron chi connectivity index (χ1n) is 9.99. The number of allylic oxidation sites excluding steroid dienone is 6. The SMILES string of the molecule is COC(=O)C1=C(c2ccccc2)C(c2ccccc2)=C(C(=O)OC)C2=CC=CC=C1C2. The van der Waals surface area contributed by atoms with Gasteiger partial charge in [-0.3, -0.25) is 0 Å². The quantitative estimate of drug-likeness (QED) is 0.661. The molecule has 0 amide bonds. The van der Waals surface area contributed by atoms with E-state index in [4.69, 9.17) is 9.47 Å². The zero-order valence-corrected chi connectivity index (χ0v) is 17.4. The van der Waals surface area contributed by atoms with Crippen LogP contribution in [0.2, 0.25) is 0 Å². The van der Waals surface area contributed by atoms with Crippen molar-refractivity contribution in [3.8, 4) is 0 Å². The number of rotatable bonds is 4. The number of carbonyl (C=O) groups is 2. The third-order valence-corrected chi connectivity index (χ3v) is 5.38. The van der Waals surface area contributed by atoms with Crippen molar-refractivity contribution in [1.82, 2.24) is 0 Å². The van der Waals surface area contributed by atoms with E-state index in [1.54, 1.807) is 0 Å². The predicted octanol–water partition coefficient (Wildman–Crippen LogP) is 5.07. The van der Waals surface area contributed by atoms with Gasteiger partial charge in [-0.05, 0) is 28.7 Å². The molecule has 2 aliphatic rings. The van der Waals surface area contributed by atoms with Gasteiger partial charge in [-0.2, -0.15) is 0 Å². The monoisotopic (exact) mass is 410 g/mol. The molecule has 0 spiro atoms. The van der Waals surface area contributed by atoms with Gasteiger partial charge in [-0.15, -0.1) is 0 Å². The van der Waals surface area contributed by atoms with Crippen LogP contribution in [0.5, 0.6) is 0 Å². The molecule has 0 heterocycles. The number of methoxy groups -OCH3 is 2. The molecular weight excluding hydrogens is 388 g/mol. The fourth-order valence-corrected chi connectivity index (χ4v) is 4.04. The van der Waals surface area contributed by atoms with Crippen molar-refractivity contribution in [2.24, 2.45) is 0 Å². The lowest BCUT2D eigenvalue weighted by Gasteiger charge is -2.19. The van der Waals surface area contributed by atoms with Crippen LogP contribution in [0.4, 0.5) is 0 Å². The van der Waals surface area contributed by atoms with E-state index in [0.29, 0.717) is 28.7 Å². The lowest BCUT2D eigenvalue weighted by molar-refractivity contribution is -0.136. The van der Waals surface area contributed by atoms with Gasteiger partial charge in [0.05, 0.1) is 25.4 Å². The molecule has 0 saturated heterocycles. The van der Waals surface area contributed by atoms with Gasteiger partial charge in [0, 0.05) is 11.1 Å². The summed E-state index contributed by atoms with van der Waals surface area (Å²) in [6, 6.07) is 19.2. The second-order valence-corrected chi connectivity index (χ2v) is 7.16. The molecule has 2 aliphatic carbocycles. The summed E-state index contributed by atoms with van der Waals surface area (Å²) in [4.78, 5) is 26.3. The summed E-state index contributed by atoms with van der Waals surface area (Å²) in [5, 5.41) is 0. The maximum atomic E-state index is 13.1. The molecule has 0 aromatic heterocycles. The summed E-state index contributed by atoms with van der Waals surface area (Å²) >= 11 is 0. The minimum atomic E-state index is -0.445. The summed E-state index contributed by atoms with van der Waals surface area (Å²) in [6.45, 7) is 0. The van der Waals surface area contributed by atoms with Gasteiger partial charge in [0.15, 0.2) is 0 Å². The Balaban J connectivity index is 2.22. The highest BCUT2D eigenvalue weighted by atomic mass is 16.5. The maximum absolute atomic E-state index is 13.1. The zero-order valence-electron chi connectivity index (χ0n) is 17.4. The molecule has 0 unspecified atom stereocenters. The molecule has 0 radical (unpaired) electrons. The Labute approximate surface area is 181 Å². The molecule has 0 fully saturated rings. The predicted molar refractivity (Wildman–Crippen MR) is 121 cm³/mol. The Morgan fingerprint density at radius 2 is 1.03 bits per heavy atom. The molecule has 4 rings (SSSR count). The highest BCUT2D eigenvalue weighted by Gasteiger charge is 2.34. The number of hydrogen-bond acceptors (Lipinski definition) is 4. The van der Waals surface area contributed by atoms with Gasteiger partial charge >= 0.3 is 11.9 Å². The fraction of sp³-hybridized carbons (Fsp3) is 0.111. The van der Waals surface area contributed by atoms with Crippen LogP contribution >= 0.6 is 0 Å². The van der Waals surface area contributed by atoms with Crippen molar-refractivity contribution >= 4 is 23.1 Å². The Morgan fingerprint density at radius 3 is 1.39 bits per heavy atom. The average Bonchev–Trinajstić information content (AvgIpc) is 3.14. The molecule has 0 saturated carbocycles. The van der Waals surface area contributed by atoms with Gasteiger partial charge in [-0.1, -0.05) is 85.0 Å². The number of esters is 2. The summed E-state index contributed by atoms with van der Waals surface area (Å²) in [5.41, 5.74) is 5.43. The molecular formula is C27H22O4. The van der Waals surface area contributed by atoms with Crippen molar-refractivity contribution in [2.45, 2.75) is 6.42 Å². The van der Waals surface area contributed by atoms with Crippen LogP contribution in [0.15, 0.2) is 107 Å². The molecule has 4 nitrogen and oxygen atoms in total. The summed E-state index contributed by atoms with van der Waals surface area (Å²) < 4.78 is 10.4. The van der Waals surface area contributed by atoms with Gasteiger partial charge in [0.1, 0.15) is 0 Å². The summed E-state index contributed by atoms with van der Waals surface area (Å²) in [6.07, 6.45) is 7.96. The van der Waals surface area contributed by atoms with Crippen LogP contribution < -0.4 is 0 Å². The lowest BCUT2D eigenvalue weighted by Crippen LogP contribution is -2.11. The van der Waals surface area contributed by atoms with Crippen molar-refractivity contribution in [3.63, 3.8) is 0 Å². The molecule has 2 aromatic rings. The Morgan fingerprint density at radius 1 is 0.645 bits per heavy atom. The average molecular weight is 410 g/mol. The number of benzene rings is 2. The molecule has 0 aliphatic heterocycles. The zero-order chi connectivity index (χ0) is 21.8. The Hall–Kier alpha value is -3.92. The van der Waals surface area contributed by atoms with Gasteiger partial charge in [-0.25, -0.2) is 9.59 Å². The molecule has 154 valence electrons. The normalized spacial score (nSPS) is 15.5. The molecule has 0 N–H and O–H groups in total. The smallest absolute Gasteiger partial charge is 0.338 e. The van der Waals surface area contributed by atoms with E-state index in [-0.39, 0.29) is 0 Å². The molecule has 31 heavy (non-hydrogen) atoms. The highest BCUT2D eigenvalue weighted by Crippen LogP contribution is 2.46.